The predicted octanol–water partition coefficient (Wildman–Crippen LogP) is 4.44. The number of carbonyl (C=O) groups is 1. The van der Waals surface area contributed by atoms with Crippen molar-refractivity contribution in [2.24, 2.45) is 52.8 Å². The van der Waals surface area contributed by atoms with Gasteiger partial charge >= 0.3 is 0 Å². The highest BCUT2D eigenvalue weighted by molar-refractivity contribution is 5.83. The average molecular weight is 458 g/mol. The van der Waals surface area contributed by atoms with Gasteiger partial charge in [-0.15, -0.1) is 0 Å². The third-order valence-corrected chi connectivity index (χ3v) is 10.6. The molecule has 0 unspecified atom stereocenters. The molecule has 1 heterocycles. The lowest BCUT2D eigenvalue weighted by Gasteiger charge is -2.57. The summed E-state index contributed by atoms with van der Waals surface area (Å²) in [6, 6.07) is 2.00. The molecule has 10 atom stereocenters. The molecule has 0 aliphatic heterocycles. The molecule has 5 fully saturated rings. The number of aromatic nitrogens is 2. The van der Waals surface area contributed by atoms with Crippen molar-refractivity contribution < 1.29 is 18.7 Å². The van der Waals surface area contributed by atoms with Crippen molar-refractivity contribution in [1.82, 2.24) is 9.78 Å². The molecule has 0 radical (unpaired) electrons. The lowest BCUT2D eigenvalue weighted by molar-refractivity contribution is -0.146. The number of hydrogen-bond acceptors (Lipinski definition) is 4. The first-order valence-electron chi connectivity index (χ1n) is 12.6. The van der Waals surface area contributed by atoms with Crippen LogP contribution >= 0.6 is 0 Å². The number of carbonyl (C=O) groups excluding carboxylic acids is 1. The molecule has 33 heavy (non-hydrogen) atoms. The topological polar surface area (TPSA) is 78.9 Å². The van der Waals surface area contributed by atoms with Crippen LogP contribution in [0.15, 0.2) is 12.4 Å². The van der Waals surface area contributed by atoms with E-state index < -0.39 is 29.3 Å². The summed E-state index contributed by atoms with van der Waals surface area (Å²) in [5.41, 5.74) is -0.598. The van der Waals surface area contributed by atoms with Gasteiger partial charge in [0.25, 0.3) is 5.92 Å². The highest BCUT2D eigenvalue weighted by Crippen LogP contribution is 2.79. The van der Waals surface area contributed by atoms with Gasteiger partial charge in [-0.2, -0.15) is 10.4 Å². The molecule has 5 saturated carbocycles. The minimum Gasteiger partial charge on any atom is -0.390 e. The first-order chi connectivity index (χ1) is 15.6. The Bertz CT molecular complexity index is 1030. The van der Waals surface area contributed by atoms with E-state index in [1.54, 1.807) is 0 Å². The van der Waals surface area contributed by atoms with Gasteiger partial charge in [-0.3, -0.25) is 9.48 Å². The number of ketones is 1. The number of hydrogen-bond donors (Lipinski definition) is 1. The van der Waals surface area contributed by atoms with E-state index in [0.29, 0.717) is 23.3 Å². The molecule has 5 aliphatic rings. The number of nitrogens with zero attached hydrogens (tertiary/aromatic N) is 3. The fourth-order valence-electron chi connectivity index (χ4n) is 9.41. The van der Waals surface area contributed by atoms with Crippen LogP contribution < -0.4 is 0 Å². The second-order valence-corrected chi connectivity index (χ2v) is 12.3. The van der Waals surface area contributed by atoms with Crippen molar-refractivity contribution in [3.05, 3.63) is 18.0 Å². The summed E-state index contributed by atoms with van der Waals surface area (Å²) in [6.07, 6.45) is 9.37. The lowest BCUT2D eigenvalue weighted by Crippen LogP contribution is -2.53. The zero-order valence-corrected chi connectivity index (χ0v) is 19.4. The van der Waals surface area contributed by atoms with Gasteiger partial charge in [0.2, 0.25) is 0 Å². The maximum Gasteiger partial charge on any atom is 0.255 e. The predicted molar refractivity (Wildman–Crippen MR) is 116 cm³/mol. The molecule has 5 aliphatic carbocycles. The highest BCUT2D eigenvalue weighted by atomic mass is 19.3. The number of nitriles is 1. The Balaban J connectivity index is 1.28. The van der Waals surface area contributed by atoms with Crippen LogP contribution in [-0.2, 0) is 11.3 Å². The average Bonchev–Trinajstić information content (AvgIpc) is 3.09. The molecule has 6 rings (SSSR count). The summed E-state index contributed by atoms with van der Waals surface area (Å²) < 4.78 is 31.7. The number of rotatable bonds is 3. The summed E-state index contributed by atoms with van der Waals surface area (Å²) in [5, 5.41) is 23.7. The van der Waals surface area contributed by atoms with E-state index in [2.05, 4.69) is 12.0 Å². The van der Waals surface area contributed by atoms with E-state index in [1.807, 2.05) is 13.0 Å². The van der Waals surface area contributed by atoms with Gasteiger partial charge in [-0.05, 0) is 86.9 Å². The zero-order chi connectivity index (χ0) is 23.3. The van der Waals surface area contributed by atoms with Crippen LogP contribution in [0, 0.1) is 64.1 Å². The summed E-state index contributed by atoms with van der Waals surface area (Å²) in [5.74, 6) is -3.39. The monoisotopic (exact) mass is 457 g/mol. The van der Waals surface area contributed by atoms with Gasteiger partial charge in [0.05, 0.1) is 23.9 Å². The van der Waals surface area contributed by atoms with Gasteiger partial charge in [0.1, 0.15) is 6.07 Å². The van der Waals surface area contributed by atoms with E-state index in [4.69, 9.17) is 5.26 Å². The van der Waals surface area contributed by atoms with E-state index >= 15 is 8.78 Å². The molecule has 0 bridgehead atoms. The number of aliphatic hydroxyl groups is 1. The summed E-state index contributed by atoms with van der Waals surface area (Å²) in [7, 11) is 0. The SMILES string of the molecule is C[C@@]1(O)CC[C@H]2[C@H](CC[C@@H]3[C@@H]2CC[C@@]2(C)[C@H]3[C@H]3[C@@H]([C@@H]2C(=O)Cn2cc(C#N)cn2)C3(F)F)C1. The molecule has 7 heteroatoms. The van der Waals surface area contributed by atoms with Crippen molar-refractivity contribution in [3.8, 4) is 6.07 Å². The number of halogens is 2. The third kappa shape index (κ3) is 3.02. The Kier molecular flexibility index (Phi) is 4.52. The van der Waals surface area contributed by atoms with Gasteiger partial charge in [-0.25, -0.2) is 8.78 Å². The molecule has 1 N–H and O–H groups in total. The van der Waals surface area contributed by atoms with Crippen LogP contribution in [0.1, 0.15) is 64.4 Å². The molecular formula is C26H33F2N3O2. The largest absolute Gasteiger partial charge is 0.390 e. The third-order valence-electron chi connectivity index (χ3n) is 10.6. The van der Waals surface area contributed by atoms with E-state index in [1.165, 1.54) is 17.1 Å². The van der Waals surface area contributed by atoms with E-state index in [9.17, 15) is 9.90 Å². The second-order valence-electron chi connectivity index (χ2n) is 12.3. The van der Waals surface area contributed by atoms with Crippen LogP contribution in [0.25, 0.3) is 0 Å². The number of fused-ring (bicyclic) bond motifs is 7. The first-order valence-corrected chi connectivity index (χ1v) is 12.6. The second kappa shape index (κ2) is 6.87. The van der Waals surface area contributed by atoms with Gasteiger partial charge in [-0.1, -0.05) is 6.92 Å². The maximum atomic E-state index is 15.1. The lowest BCUT2D eigenvalue weighted by atomic mass is 9.47. The highest BCUT2D eigenvalue weighted by Gasteiger charge is 2.84. The summed E-state index contributed by atoms with van der Waals surface area (Å²) in [6.45, 7) is 4.01. The smallest absolute Gasteiger partial charge is 0.255 e. The van der Waals surface area contributed by atoms with Crippen molar-refractivity contribution in [2.75, 3.05) is 0 Å². The fourth-order valence-corrected chi connectivity index (χ4v) is 9.41. The molecule has 0 spiro atoms. The van der Waals surface area contributed by atoms with Crippen molar-refractivity contribution >= 4 is 5.78 Å². The molecule has 0 aromatic carbocycles. The Morgan fingerprint density at radius 1 is 1.15 bits per heavy atom. The quantitative estimate of drug-likeness (QED) is 0.728. The normalized spacial score (nSPS) is 49.2. The Morgan fingerprint density at radius 3 is 2.64 bits per heavy atom. The van der Waals surface area contributed by atoms with Crippen LogP contribution in [0.2, 0.25) is 0 Å². The fraction of sp³-hybridized carbons (Fsp3) is 0.808. The molecule has 178 valence electrons. The van der Waals surface area contributed by atoms with Crippen molar-refractivity contribution in [1.29, 1.82) is 5.26 Å². The van der Waals surface area contributed by atoms with Gasteiger partial charge < -0.3 is 5.11 Å². The molecule has 1 aromatic heterocycles. The van der Waals surface area contributed by atoms with Crippen LogP contribution in [0.4, 0.5) is 8.78 Å². The van der Waals surface area contributed by atoms with Crippen LogP contribution in [0.5, 0.6) is 0 Å². The molecule has 0 saturated heterocycles. The van der Waals surface area contributed by atoms with Crippen LogP contribution in [-0.4, -0.2) is 32.2 Å². The first kappa shape index (κ1) is 21.7. The van der Waals surface area contributed by atoms with Crippen molar-refractivity contribution in [2.45, 2.75) is 76.9 Å². The molecule has 0 amide bonds. The minimum atomic E-state index is -2.75. The number of alkyl halides is 2. The molecule has 5 nitrogen and oxygen atoms in total. The maximum absolute atomic E-state index is 15.1. The Hall–Kier alpha value is -1.81. The van der Waals surface area contributed by atoms with E-state index in [-0.39, 0.29) is 29.6 Å². The van der Waals surface area contributed by atoms with Gasteiger partial charge in [0, 0.05) is 24.0 Å². The van der Waals surface area contributed by atoms with Crippen molar-refractivity contribution in [3.63, 3.8) is 0 Å². The Labute approximate surface area is 193 Å². The number of Topliss-reactive ketones (excluding diaryl/α,β-unsaturated/α-hetero) is 1. The summed E-state index contributed by atoms with van der Waals surface area (Å²) in [4.78, 5) is 13.5. The standard InChI is InChI=1S/C26H33F2N3O2/c1-24(33)7-5-16-15(9-24)3-4-18-17(16)6-8-25(2)20(18)22-23(26(22,27)28)21(25)19(32)13-31-12-14(10-29)11-30-31/h11-12,15-18,20-23,33H,3-9,13H2,1-2H3/t15-,16+,17-,18-,20-,21+,22+,23-,24-,25+/m1/s1. The van der Waals surface area contributed by atoms with Gasteiger partial charge in [0.15, 0.2) is 5.78 Å². The molecule has 1 aromatic rings. The molecular weight excluding hydrogens is 424 g/mol. The zero-order valence-electron chi connectivity index (χ0n) is 19.4. The van der Waals surface area contributed by atoms with Crippen LogP contribution in [0.3, 0.4) is 0 Å². The minimum absolute atomic E-state index is 0.0398. The van der Waals surface area contributed by atoms with E-state index in [0.717, 1.165) is 44.9 Å². The summed E-state index contributed by atoms with van der Waals surface area (Å²) >= 11 is 0. The Morgan fingerprint density at radius 2 is 1.91 bits per heavy atom.